The minimum atomic E-state index is -0.240. The van der Waals surface area contributed by atoms with Crippen LogP contribution in [0, 0.1) is 0 Å². The molecule has 1 fully saturated rings. The quantitative estimate of drug-likeness (QED) is 0.678. The number of hydrogen-bond donors (Lipinski definition) is 2. The molecule has 0 radical (unpaired) electrons. The number of anilines is 1. The molecule has 0 saturated heterocycles. The maximum absolute atomic E-state index is 13.0. The average Bonchev–Trinajstić information content (AvgIpc) is 3.22. The fourth-order valence-corrected chi connectivity index (χ4v) is 3.89. The lowest BCUT2D eigenvalue weighted by Crippen LogP contribution is -2.41. The number of carbonyl (C=O) groups excluding carboxylic acids is 1. The van der Waals surface area contributed by atoms with Crippen LogP contribution in [0.1, 0.15) is 31.5 Å². The Bertz CT molecular complexity index is 1060. The Labute approximate surface area is 167 Å². The van der Waals surface area contributed by atoms with Crippen LogP contribution in [0.5, 0.6) is 0 Å². The van der Waals surface area contributed by atoms with Crippen molar-refractivity contribution in [3.8, 4) is 0 Å². The van der Waals surface area contributed by atoms with E-state index in [4.69, 9.17) is 11.6 Å². The van der Waals surface area contributed by atoms with Gasteiger partial charge in [0.05, 0.1) is 28.2 Å². The molecule has 0 bridgehead atoms. The van der Waals surface area contributed by atoms with Gasteiger partial charge >= 0.3 is 6.03 Å². The van der Waals surface area contributed by atoms with Crippen molar-refractivity contribution in [2.45, 2.75) is 38.3 Å². The normalized spacial score (nSPS) is 14.3. The zero-order chi connectivity index (χ0) is 19.5. The third kappa shape index (κ3) is 3.87. The number of aromatic nitrogens is 2. The molecule has 0 aliphatic heterocycles. The lowest BCUT2D eigenvalue weighted by Gasteiger charge is -2.29. The number of hydrogen-bond acceptors (Lipinski definition) is 3. The van der Waals surface area contributed by atoms with E-state index in [9.17, 15) is 9.59 Å². The first-order valence-electron chi connectivity index (χ1n) is 9.42. The second-order valence-electron chi connectivity index (χ2n) is 7.01. The number of nitrogens with zero attached hydrogens (tertiary/aromatic N) is 2. The molecule has 0 spiro atoms. The first-order valence-corrected chi connectivity index (χ1v) is 9.80. The number of fused-ring (bicyclic) bond motifs is 1. The van der Waals surface area contributed by atoms with Crippen LogP contribution in [0.4, 0.5) is 10.5 Å². The summed E-state index contributed by atoms with van der Waals surface area (Å²) >= 11 is 6.19. The minimum Gasteiger partial charge on any atom is -0.314 e. The number of carbonyl (C=O) groups is 1. The highest BCUT2D eigenvalue weighted by Crippen LogP contribution is 2.27. The van der Waals surface area contributed by atoms with Gasteiger partial charge in [0.2, 0.25) is 0 Å². The molecule has 0 unspecified atom stereocenters. The molecule has 2 N–H and O–H groups in total. The number of para-hydroxylation sites is 2. The summed E-state index contributed by atoms with van der Waals surface area (Å²) in [7, 11) is 0. The topological polar surface area (TPSA) is 78.1 Å². The number of aromatic amines is 1. The van der Waals surface area contributed by atoms with E-state index < -0.39 is 0 Å². The molecule has 6 nitrogen and oxygen atoms in total. The van der Waals surface area contributed by atoms with Crippen molar-refractivity contribution < 1.29 is 4.79 Å². The van der Waals surface area contributed by atoms with Gasteiger partial charge in [-0.05, 0) is 37.1 Å². The molecule has 3 aromatic rings. The summed E-state index contributed by atoms with van der Waals surface area (Å²) in [6.45, 7) is 0.237. The third-order valence-corrected chi connectivity index (χ3v) is 5.45. The molecule has 4 rings (SSSR count). The van der Waals surface area contributed by atoms with E-state index >= 15 is 0 Å². The first-order chi connectivity index (χ1) is 13.6. The van der Waals surface area contributed by atoms with Crippen molar-refractivity contribution in [1.29, 1.82) is 0 Å². The number of urea groups is 1. The van der Waals surface area contributed by atoms with Gasteiger partial charge < -0.3 is 15.2 Å². The smallest absolute Gasteiger partial charge is 0.314 e. The Kier molecular flexibility index (Phi) is 5.30. The molecule has 28 heavy (non-hydrogen) atoms. The van der Waals surface area contributed by atoms with Crippen molar-refractivity contribution in [2.75, 3.05) is 5.32 Å². The van der Waals surface area contributed by atoms with Gasteiger partial charge in [-0.3, -0.25) is 4.79 Å². The monoisotopic (exact) mass is 396 g/mol. The number of halogens is 1. The van der Waals surface area contributed by atoms with E-state index in [0.29, 0.717) is 27.4 Å². The summed E-state index contributed by atoms with van der Waals surface area (Å²) < 4.78 is 0. The molecule has 1 heterocycles. The number of amides is 2. The second kappa shape index (κ2) is 8.02. The highest BCUT2D eigenvalue weighted by molar-refractivity contribution is 6.33. The van der Waals surface area contributed by atoms with E-state index in [1.54, 1.807) is 35.2 Å². The fourth-order valence-electron chi connectivity index (χ4n) is 3.70. The Morgan fingerprint density at radius 2 is 1.86 bits per heavy atom. The van der Waals surface area contributed by atoms with Crippen molar-refractivity contribution in [3.63, 3.8) is 0 Å². The van der Waals surface area contributed by atoms with Crippen LogP contribution >= 0.6 is 11.6 Å². The maximum Gasteiger partial charge on any atom is 0.322 e. The van der Waals surface area contributed by atoms with Crippen LogP contribution in [0.15, 0.2) is 53.3 Å². The predicted molar refractivity (Wildman–Crippen MR) is 111 cm³/mol. The molecule has 1 aromatic heterocycles. The van der Waals surface area contributed by atoms with Gasteiger partial charge in [0, 0.05) is 6.04 Å². The standard InChI is InChI=1S/C21H21ClN4O2/c22-16-10-4-6-12-18(16)24-21(28)26(14-7-1-2-8-14)13-19-23-17-11-5-3-9-15(17)20(27)25-19/h3-6,9-12,14H,1-2,7-8,13H2,(H,24,28)(H,23,25,27). The first kappa shape index (κ1) is 18.5. The van der Waals surface area contributed by atoms with Gasteiger partial charge in [-0.2, -0.15) is 0 Å². The average molecular weight is 397 g/mol. The maximum atomic E-state index is 13.0. The van der Waals surface area contributed by atoms with Crippen LogP contribution < -0.4 is 10.9 Å². The zero-order valence-electron chi connectivity index (χ0n) is 15.3. The van der Waals surface area contributed by atoms with Crippen LogP contribution in [0.25, 0.3) is 10.9 Å². The number of H-pyrrole nitrogens is 1. The van der Waals surface area contributed by atoms with Crippen LogP contribution in [0.2, 0.25) is 5.02 Å². The third-order valence-electron chi connectivity index (χ3n) is 5.12. The molecular formula is C21H21ClN4O2. The number of benzene rings is 2. The number of rotatable bonds is 4. The van der Waals surface area contributed by atoms with Gasteiger partial charge in [-0.1, -0.05) is 48.7 Å². The van der Waals surface area contributed by atoms with E-state index in [-0.39, 0.29) is 24.2 Å². The SMILES string of the molecule is O=C(Nc1ccccc1Cl)N(Cc1nc2ccccc2c(=O)[nH]1)C1CCCC1. The lowest BCUT2D eigenvalue weighted by molar-refractivity contribution is 0.182. The predicted octanol–water partition coefficient (Wildman–Crippen LogP) is 4.55. The number of nitrogens with one attached hydrogen (secondary N) is 2. The van der Waals surface area contributed by atoms with Gasteiger partial charge in [0.15, 0.2) is 0 Å². The molecule has 1 saturated carbocycles. The molecule has 7 heteroatoms. The molecule has 144 valence electrons. The van der Waals surface area contributed by atoms with Crippen molar-refractivity contribution in [1.82, 2.24) is 14.9 Å². The molecule has 2 amide bonds. The van der Waals surface area contributed by atoms with E-state index in [2.05, 4.69) is 15.3 Å². The van der Waals surface area contributed by atoms with Crippen molar-refractivity contribution in [3.05, 3.63) is 69.7 Å². The summed E-state index contributed by atoms with van der Waals surface area (Å²) in [4.78, 5) is 34.5. The zero-order valence-corrected chi connectivity index (χ0v) is 16.1. The lowest BCUT2D eigenvalue weighted by atomic mass is 10.2. The summed E-state index contributed by atoms with van der Waals surface area (Å²) in [6, 6.07) is 14.2. The van der Waals surface area contributed by atoms with Gasteiger partial charge in [0.25, 0.3) is 5.56 Å². The highest BCUT2D eigenvalue weighted by Gasteiger charge is 2.28. The van der Waals surface area contributed by atoms with E-state index in [1.165, 1.54) is 0 Å². The summed E-state index contributed by atoms with van der Waals surface area (Å²) in [5, 5.41) is 3.92. The fraction of sp³-hybridized carbons (Fsp3) is 0.286. The second-order valence-corrected chi connectivity index (χ2v) is 7.41. The van der Waals surface area contributed by atoms with Crippen molar-refractivity contribution in [2.24, 2.45) is 0 Å². The van der Waals surface area contributed by atoms with Gasteiger partial charge in [-0.15, -0.1) is 0 Å². The Balaban J connectivity index is 1.62. The van der Waals surface area contributed by atoms with Crippen LogP contribution in [-0.2, 0) is 6.54 Å². The van der Waals surface area contributed by atoms with Gasteiger partial charge in [0.1, 0.15) is 5.82 Å². The van der Waals surface area contributed by atoms with E-state index in [1.807, 2.05) is 18.2 Å². The summed E-state index contributed by atoms with van der Waals surface area (Å²) in [6.07, 6.45) is 4.05. The Morgan fingerprint density at radius 3 is 2.64 bits per heavy atom. The summed E-state index contributed by atoms with van der Waals surface area (Å²) in [5.41, 5.74) is 0.995. The summed E-state index contributed by atoms with van der Waals surface area (Å²) in [5.74, 6) is 0.477. The van der Waals surface area contributed by atoms with Crippen LogP contribution in [-0.4, -0.2) is 26.9 Å². The van der Waals surface area contributed by atoms with Crippen LogP contribution in [0.3, 0.4) is 0 Å². The molecule has 2 aromatic carbocycles. The minimum absolute atomic E-state index is 0.110. The molecule has 1 aliphatic carbocycles. The van der Waals surface area contributed by atoms with Gasteiger partial charge in [-0.25, -0.2) is 9.78 Å². The van der Waals surface area contributed by atoms with Crippen molar-refractivity contribution >= 4 is 34.2 Å². The largest absolute Gasteiger partial charge is 0.322 e. The Hall–Kier alpha value is -2.86. The molecule has 1 aliphatic rings. The molecule has 0 atom stereocenters. The Morgan fingerprint density at radius 1 is 1.14 bits per heavy atom. The highest BCUT2D eigenvalue weighted by atomic mass is 35.5. The molecular weight excluding hydrogens is 376 g/mol. The van der Waals surface area contributed by atoms with E-state index in [0.717, 1.165) is 25.7 Å².